The van der Waals surface area contributed by atoms with Crippen molar-refractivity contribution in [2.45, 2.75) is 155 Å². The van der Waals surface area contributed by atoms with E-state index in [9.17, 15) is 30.6 Å². The normalized spacial score (nSPS) is 17.7. The van der Waals surface area contributed by atoms with Gasteiger partial charge in [0.1, 0.15) is 23.0 Å². The van der Waals surface area contributed by atoms with Crippen LogP contribution in [0, 0.1) is 0 Å². The van der Waals surface area contributed by atoms with Crippen LogP contribution in [0.2, 0.25) is 0 Å². The van der Waals surface area contributed by atoms with Crippen LogP contribution in [0.4, 0.5) is 0 Å². The summed E-state index contributed by atoms with van der Waals surface area (Å²) in [7, 11) is 0. The lowest BCUT2D eigenvalue weighted by Crippen LogP contribution is -2.19. The number of aliphatic hydroxyl groups excluding tert-OH is 2. The van der Waals surface area contributed by atoms with Crippen LogP contribution in [0.5, 0.6) is 23.0 Å². The molecule has 292 valence electrons. The van der Waals surface area contributed by atoms with Gasteiger partial charge in [0.15, 0.2) is 0 Å². The van der Waals surface area contributed by atoms with Crippen molar-refractivity contribution < 1.29 is 30.6 Å². The van der Waals surface area contributed by atoms with Crippen LogP contribution in [-0.4, -0.2) is 42.8 Å². The third-order valence-corrected chi connectivity index (χ3v) is 11.1. The van der Waals surface area contributed by atoms with Crippen LogP contribution in [0.3, 0.4) is 0 Å². The number of rotatable bonds is 0. The minimum atomic E-state index is -0.923. The van der Waals surface area contributed by atoms with Gasteiger partial charge in [-0.2, -0.15) is 0 Å². The molecule has 6 heteroatoms. The minimum absolute atomic E-state index is 0.0792. The molecule has 0 saturated carbocycles. The van der Waals surface area contributed by atoms with Crippen LogP contribution in [0.15, 0.2) is 48.5 Å². The Morgan fingerprint density at radius 1 is 0.333 bits per heavy atom. The molecule has 6 nitrogen and oxygen atoms in total. The average Bonchev–Trinajstić information content (AvgIpc) is 3.01. The Morgan fingerprint density at radius 2 is 0.500 bits per heavy atom. The lowest BCUT2D eigenvalue weighted by Gasteiger charge is -2.26. The highest BCUT2D eigenvalue weighted by Gasteiger charge is 2.28. The fraction of sp³-hybridized carbons (Fsp3) is 0.500. The summed E-state index contributed by atoms with van der Waals surface area (Å²) in [4.78, 5) is 0. The molecule has 4 aromatic carbocycles. The van der Waals surface area contributed by atoms with Gasteiger partial charge in [-0.3, -0.25) is 0 Å². The summed E-state index contributed by atoms with van der Waals surface area (Å²) in [6.07, 6.45) is -0.746. The van der Waals surface area contributed by atoms with Gasteiger partial charge in [0, 0.05) is 38.5 Å². The lowest BCUT2D eigenvalue weighted by atomic mass is 9.80. The van der Waals surface area contributed by atoms with Gasteiger partial charge in [-0.25, -0.2) is 0 Å². The van der Waals surface area contributed by atoms with Crippen LogP contribution in [-0.2, 0) is 60.2 Å². The molecule has 0 spiro atoms. The Bertz CT molecular complexity index is 1740. The number of hydrogen-bond donors (Lipinski definition) is 6. The van der Waals surface area contributed by atoms with Gasteiger partial charge in [0.25, 0.3) is 0 Å². The molecule has 54 heavy (non-hydrogen) atoms. The Balaban J connectivity index is 1.77. The molecule has 1 aliphatic carbocycles. The molecular formula is C48H64O6. The van der Waals surface area contributed by atoms with Crippen LogP contribution < -0.4 is 0 Å². The van der Waals surface area contributed by atoms with Crippen LogP contribution in [0.25, 0.3) is 0 Å². The first-order valence-electron chi connectivity index (χ1n) is 19.5. The van der Waals surface area contributed by atoms with E-state index in [1.807, 2.05) is 48.5 Å². The third-order valence-electron chi connectivity index (χ3n) is 11.1. The molecule has 6 N–H and O–H groups in total. The number of hydrogen-bond acceptors (Lipinski definition) is 6. The van der Waals surface area contributed by atoms with Gasteiger partial charge in [0.2, 0.25) is 0 Å². The zero-order valence-corrected chi connectivity index (χ0v) is 34.7. The van der Waals surface area contributed by atoms with E-state index in [4.69, 9.17) is 0 Å². The number of phenols is 4. The first-order valence-corrected chi connectivity index (χ1v) is 19.5. The number of phenolic OH excluding ortho intramolecular Hbond substituents is 4. The monoisotopic (exact) mass is 736 g/mol. The second kappa shape index (κ2) is 14.6. The first-order chi connectivity index (χ1) is 24.7. The maximum Gasteiger partial charge on any atom is 0.122 e. The highest BCUT2D eigenvalue weighted by molar-refractivity contribution is 5.55. The van der Waals surface area contributed by atoms with E-state index < -0.39 is 12.2 Å². The molecule has 0 unspecified atom stereocenters. The van der Waals surface area contributed by atoms with Gasteiger partial charge in [-0.1, -0.05) is 132 Å². The molecule has 4 aromatic rings. The van der Waals surface area contributed by atoms with Crippen molar-refractivity contribution >= 4 is 0 Å². The second-order valence-corrected chi connectivity index (χ2v) is 20.1. The Kier molecular flexibility index (Phi) is 11.1. The van der Waals surface area contributed by atoms with E-state index in [-0.39, 0.29) is 83.2 Å². The first kappa shape index (κ1) is 41.2. The van der Waals surface area contributed by atoms with Gasteiger partial charge in [-0.15, -0.1) is 0 Å². The summed E-state index contributed by atoms with van der Waals surface area (Å²) in [6.45, 7) is 25.3. The number of benzene rings is 4. The summed E-state index contributed by atoms with van der Waals surface area (Å²) in [5.74, 6) is 0.317. The lowest BCUT2D eigenvalue weighted by molar-refractivity contribution is 0.173. The van der Waals surface area contributed by atoms with Crippen molar-refractivity contribution in [2.75, 3.05) is 0 Å². The highest BCUT2D eigenvalue weighted by atomic mass is 16.3. The highest BCUT2D eigenvalue weighted by Crippen LogP contribution is 2.41. The summed E-state index contributed by atoms with van der Waals surface area (Å²) in [6, 6.07) is 15.8. The molecule has 0 aromatic heterocycles. The van der Waals surface area contributed by atoms with Gasteiger partial charge in [0.05, 0.1) is 12.2 Å². The van der Waals surface area contributed by atoms with E-state index in [2.05, 4.69) is 83.1 Å². The molecule has 0 amide bonds. The minimum Gasteiger partial charge on any atom is -0.507 e. The quantitative estimate of drug-likeness (QED) is 0.107. The Hall–Kier alpha value is -4.00. The van der Waals surface area contributed by atoms with Crippen molar-refractivity contribution in [2.24, 2.45) is 0 Å². The maximum atomic E-state index is 11.8. The molecule has 0 heterocycles. The fourth-order valence-corrected chi connectivity index (χ4v) is 7.50. The molecule has 0 radical (unpaired) electrons. The number of aliphatic hydroxyl groups is 2. The smallest absolute Gasteiger partial charge is 0.122 e. The van der Waals surface area contributed by atoms with Crippen molar-refractivity contribution in [1.82, 2.24) is 0 Å². The van der Waals surface area contributed by atoms with Gasteiger partial charge < -0.3 is 30.6 Å². The van der Waals surface area contributed by atoms with Crippen molar-refractivity contribution in [1.29, 1.82) is 0 Å². The largest absolute Gasteiger partial charge is 0.507 e. The van der Waals surface area contributed by atoms with E-state index >= 15 is 0 Å². The SMILES string of the molecule is CC(C)(C)c1cc2c(O)c(c1)CC(O)Cc1cc(C(C)(C)C)cc(c1O)Cc1cc(C(C)(C)C)cc(c1O)CC(O)Cc1cc(C(C)(C)C)cc(c1O)C2. The average molecular weight is 737 g/mol. The van der Waals surface area contributed by atoms with Gasteiger partial charge in [-0.05, 0) is 88.4 Å². The zero-order valence-electron chi connectivity index (χ0n) is 34.7. The van der Waals surface area contributed by atoms with Crippen molar-refractivity contribution in [3.63, 3.8) is 0 Å². The standard InChI is InChI=1S/C48H64O6/c1-45(2,3)35-15-27-13-28-16-36(46(4,5)6)21-33(42(28)52)25-40(50)26-34-22-38(48(10,11)12)18-30(44(34)54)14-29-17-37(47(7,8)9)20-32(43(29)53)24-39(49)23-31(19-35)41(27)51/h15-22,39-40,49-54H,13-14,23-26H2,1-12H3. The molecule has 0 fully saturated rings. The number of aromatic hydroxyl groups is 4. The molecule has 1 aliphatic rings. The van der Waals surface area contributed by atoms with E-state index in [1.54, 1.807) is 0 Å². The summed E-state index contributed by atoms with van der Waals surface area (Å²) in [5, 5.41) is 70.7. The maximum absolute atomic E-state index is 11.8. The molecule has 8 bridgehead atoms. The van der Waals surface area contributed by atoms with Crippen LogP contribution in [0.1, 0.15) is 150 Å². The van der Waals surface area contributed by atoms with Crippen LogP contribution >= 0.6 is 0 Å². The second-order valence-electron chi connectivity index (χ2n) is 20.1. The van der Waals surface area contributed by atoms with Gasteiger partial charge >= 0.3 is 0 Å². The predicted molar refractivity (Wildman–Crippen MR) is 220 cm³/mol. The molecule has 0 aliphatic heterocycles. The van der Waals surface area contributed by atoms with Crippen molar-refractivity contribution in [3.05, 3.63) is 115 Å². The topological polar surface area (TPSA) is 121 Å². The molecule has 0 saturated heterocycles. The van der Waals surface area contributed by atoms with E-state index in [0.717, 1.165) is 22.3 Å². The molecule has 0 atom stereocenters. The fourth-order valence-electron chi connectivity index (χ4n) is 7.50. The number of fused-ring (bicyclic) bond motifs is 8. The summed E-state index contributed by atoms with van der Waals surface area (Å²) in [5.41, 5.74) is 7.92. The third kappa shape index (κ3) is 9.09. The summed E-state index contributed by atoms with van der Waals surface area (Å²) < 4.78 is 0. The molecule has 5 rings (SSSR count). The zero-order chi connectivity index (χ0) is 40.3. The molecular weight excluding hydrogens is 673 g/mol. The Morgan fingerprint density at radius 3 is 0.667 bits per heavy atom. The Labute approximate surface area is 323 Å². The predicted octanol–water partition coefficient (Wildman–Crippen LogP) is 9.49. The van der Waals surface area contributed by atoms with Crippen molar-refractivity contribution in [3.8, 4) is 23.0 Å². The van der Waals surface area contributed by atoms with E-state index in [1.165, 1.54) is 0 Å². The summed E-state index contributed by atoms with van der Waals surface area (Å²) >= 11 is 0. The van der Waals surface area contributed by atoms with E-state index in [0.29, 0.717) is 44.5 Å².